The maximum Gasteiger partial charge on any atom is 0.147 e. The van der Waals surface area contributed by atoms with E-state index < -0.39 is 6.10 Å². The first-order valence-electron chi connectivity index (χ1n) is 8.14. The smallest absolute Gasteiger partial charge is 0.147 e. The summed E-state index contributed by atoms with van der Waals surface area (Å²) in [7, 11) is 1.67. The van der Waals surface area contributed by atoms with Crippen LogP contribution in [0.2, 0.25) is 0 Å². The molecular weight excluding hydrogens is 294 g/mol. The van der Waals surface area contributed by atoms with Gasteiger partial charge in [0, 0.05) is 25.2 Å². The fraction of sp³-hybridized carbons (Fsp3) is 0.556. The van der Waals surface area contributed by atoms with Crippen molar-refractivity contribution in [3.8, 4) is 5.75 Å². The Kier molecular flexibility index (Phi) is 4.90. The lowest BCUT2D eigenvalue weighted by molar-refractivity contribution is 0.137. The van der Waals surface area contributed by atoms with Gasteiger partial charge in [0.2, 0.25) is 0 Å². The predicted molar refractivity (Wildman–Crippen MR) is 87.6 cm³/mol. The Labute approximate surface area is 137 Å². The number of hydrogen-bond donors (Lipinski definition) is 2. The number of nitrogens with two attached hydrogens (primary N) is 1. The summed E-state index contributed by atoms with van der Waals surface area (Å²) >= 11 is 0. The van der Waals surface area contributed by atoms with E-state index in [1.807, 2.05) is 25.1 Å². The van der Waals surface area contributed by atoms with Crippen LogP contribution in [0.3, 0.4) is 0 Å². The summed E-state index contributed by atoms with van der Waals surface area (Å²) in [5.41, 5.74) is 2.88. The summed E-state index contributed by atoms with van der Waals surface area (Å²) in [6.07, 6.45) is 2.27. The van der Waals surface area contributed by atoms with E-state index >= 15 is 0 Å². The molecule has 1 aromatic rings. The lowest BCUT2D eigenvalue weighted by Gasteiger charge is -2.20. The quantitative estimate of drug-likeness (QED) is 0.815. The predicted octanol–water partition coefficient (Wildman–Crippen LogP) is 2.41. The van der Waals surface area contributed by atoms with Crippen LogP contribution in [-0.2, 0) is 9.47 Å². The Morgan fingerprint density at radius 1 is 1.39 bits per heavy atom. The van der Waals surface area contributed by atoms with Crippen LogP contribution in [0, 0.1) is 18.8 Å². The fourth-order valence-corrected chi connectivity index (χ4v) is 3.74. The van der Waals surface area contributed by atoms with E-state index in [1.165, 1.54) is 0 Å². The van der Waals surface area contributed by atoms with E-state index in [4.69, 9.17) is 20.2 Å². The number of ether oxygens (including phenoxy) is 2. The van der Waals surface area contributed by atoms with Crippen molar-refractivity contribution in [1.29, 1.82) is 0 Å². The zero-order valence-electron chi connectivity index (χ0n) is 13.7. The van der Waals surface area contributed by atoms with Crippen LogP contribution >= 0.6 is 0 Å². The molecule has 3 unspecified atom stereocenters. The third-order valence-corrected chi connectivity index (χ3v) is 5.03. The standard InChI is InChI=1S/C18H25NO4/c1-11-3-4-14(23-19)9-15(11)17-16(21-2)8-13(18(17)20)7-12-5-6-22-10-12/h3-4,9,12-13,18,20H,5-8,10,19H2,1-2H3. The molecule has 0 radical (unpaired) electrons. The van der Waals surface area contributed by atoms with Crippen molar-refractivity contribution in [3.05, 3.63) is 35.1 Å². The third kappa shape index (κ3) is 3.22. The lowest BCUT2D eigenvalue weighted by Crippen LogP contribution is -2.20. The molecule has 0 spiro atoms. The summed E-state index contributed by atoms with van der Waals surface area (Å²) < 4.78 is 11.0. The van der Waals surface area contributed by atoms with Gasteiger partial charge in [-0.25, -0.2) is 0 Å². The summed E-state index contributed by atoms with van der Waals surface area (Å²) in [4.78, 5) is 4.85. The molecule has 1 heterocycles. The molecule has 126 valence electrons. The first-order chi connectivity index (χ1) is 11.1. The number of aliphatic hydroxyl groups excluding tert-OH is 1. The summed E-state index contributed by atoms with van der Waals surface area (Å²) in [5.74, 6) is 7.43. The maximum absolute atomic E-state index is 10.9. The van der Waals surface area contributed by atoms with E-state index in [9.17, 15) is 5.11 Å². The van der Waals surface area contributed by atoms with E-state index in [2.05, 4.69) is 0 Å². The minimum absolute atomic E-state index is 0.175. The molecule has 0 amide bonds. The van der Waals surface area contributed by atoms with Crippen LogP contribution in [0.15, 0.2) is 24.0 Å². The number of allylic oxidation sites excluding steroid dienone is 1. The summed E-state index contributed by atoms with van der Waals surface area (Å²) in [6, 6.07) is 5.64. The minimum Gasteiger partial charge on any atom is -0.501 e. The monoisotopic (exact) mass is 319 g/mol. The van der Waals surface area contributed by atoms with Crippen LogP contribution < -0.4 is 10.7 Å². The molecule has 0 saturated carbocycles. The zero-order valence-corrected chi connectivity index (χ0v) is 13.7. The maximum atomic E-state index is 10.9. The first kappa shape index (κ1) is 16.3. The highest BCUT2D eigenvalue weighted by atomic mass is 16.6. The van der Waals surface area contributed by atoms with Gasteiger partial charge in [0.1, 0.15) is 11.5 Å². The van der Waals surface area contributed by atoms with Gasteiger partial charge in [-0.2, -0.15) is 5.90 Å². The number of aryl methyl sites for hydroxylation is 1. The number of methoxy groups -OCH3 is 1. The number of benzene rings is 1. The highest BCUT2D eigenvalue weighted by Crippen LogP contribution is 2.43. The van der Waals surface area contributed by atoms with Crippen molar-refractivity contribution >= 4 is 5.57 Å². The lowest BCUT2D eigenvalue weighted by atomic mass is 9.88. The van der Waals surface area contributed by atoms with E-state index in [0.29, 0.717) is 11.7 Å². The highest BCUT2D eigenvalue weighted by molar-refractivity contribution is 5.76. The van der Waals surface area contributed by atoms with Gasteiger partial charge >= 0.3 is 0 Å². The number of hydrogen-bond acceptors (Lipinski definition) is 5. The van der Waals surface area contributed by atoms with Gasteiger partial charge in [0.15, 0.2) is 0 Å². The van der Waals surface area contributed by atoms with Crippen molar-refractivity contribution in [2.24, 2.45) is 17.7 Å². The van der Waals surface area contributed by atoms with Gasteiger partial charge in [-0.1, -0.05) is 6.07 Å². The topological polar surface area (TPSA) is 73.9 Å². The minimum atomic E-state index is -0.530. The Hall–Kier alpha value is -1.56. The van der Waals surface area contributed by atoms with E-state index in [0.717, 1.165) is 54.9 Å². The van der Waals surface area contributed by atoms with Gasteiger partial charge in [-0.05, 0) is 54.9 Å². The van der Waals surface area contributed by atoms with Crippen molar-refractivity contribution in [2.45, 2.75) is 32.3 Å². The number of aliphatic hydroxyl groups is 1. The molecule has 5 heteroatoms. The largest absolute Gasteiger partial charge is 0.501 e. The van der Waals surface area contributed by atoms with Crippen LogP contribution in [-0.4, -0.2) is 31.5 Å². The van der Waals surface area contributed by atoms with E-state index in [1.54, 1.807) is 7.11 Å². The second-order valence-corrected chi connectivity index (χ2v) is 6.51. The van der Waals surface area contributed by atoms with Crippen molar-refractivity contribution in [1.82, 2.24) is 0 Å². The third-order valence-electron chi connectivity index (χ3n) is 5.03. The molecule has 1 saturated heterocycles. The molecule has 3 atom stereocenters. The van der Waals surface area contributed by atoms with Gasteiger partial charge < -0.3 is 19.4 Å². The summed E-state index contributed by atoms with van der Waals surface area (Å²) in [6.45, 7) is 3.65. The molecule has 5 nitrogen and oxygen atoms in total. The van der Waals surface area contributed by atoms with Crippen LogP contribution in [0.1, 0.15) is 30.4 Å². The molecule has 1 aromatic carbocycles. The number of rotatable bonds is 5. The Morgan fingerprint density at radius 2 is 2.22 bits per heavy atom. The Bertz CT molecular complexity index is 593. The second kappa shape index (κ2) is 6.91. The van der Waals surface area contributed by atoms with Crippen molar-refractivity contribution in [3.63, 3.8) is 0 Å². The SMILES string of the molecule is COC1=C(c2cc(ON)ccc2C)C(O)C(CC2CCOC2)C1. The average molecular weight is 319 g/mol. The molecule has 1 aliphatic heterocycles. The summed E-state index contributed by atoms with van der Waals surface area (Å²) in [5, 5.41) is 10.9. The normalized spacial score (nSPS) is 27.6. The van der Waals surface area contributed by atoms with Gasteiger partial charge in [0.05, 0.1) is 13.2 Å². The van der Waals surface area contributed by atoms with Crippen LogP contribution in [0.5, 0.6) is 5.75 Å². The second-order valence-electron chi connectivity index (χ2n) is 6.51. The molecule has 2 aliphatic rings. The molecule has 3 N–H and O–H groups in total. The Morgan fingerprint density at radius 3 is 2.87 bits per heavy atom. The Balaban J connectivity index is 1.87. The zero-order chi connectivity index (χ0) is 16.4. The first-order valence-corrected chi connectivity index (χ1v) is 8.14. The van der Waals surface area contributed by atoms with Crippen molar-refractivity contribution < 1.29 is 19.4 Å². The molecule has 1 fully saturated rings. The molecule has 23 heavy (non-hydrogen) atoms. The van der Waals surface area contributed by atoms with E-state index in [-0.39, 0.29) is 5.92 Å². The van der Waals surface area contributed by atoms with Gasteiger partial charge in [-0.3, -0.25) is 0 Å². The van der Waals surface area contributed by atoms with Gasteiger partial charge in [-0.15, -0.1) is 0 Å². The average Bonchev–Trinajstić information content (AvgIpc) is 3.17. The fourth-order valence-electron chi connectivity index (χ4n) is 3.74. The molecule has 1 aliphatic carbocycles. The molecule has 3 rings (SSSR count). The highest BCUT2D eigenvalue weighted by Gasteiger charge is 2.37. The van der Waals surface area contributed by atoms with Crippen LogP contribution in [0.4, 0.5) is 0 Å². The van der Waals surface area contributed by atoms with Gasteiger partial charge in [0.25, 0.3) is 0 Å². The van der Waals surface area contributed by atoms with Crippen LogP contribution in [0.25, 0.3) is 5.57 Å². The van der Waals surface area contributed by atoms with Crippen molar-refractivity contribution in [2.75, 3.05) is 20.3 Å². The molecule has 0 aromatic heterocycles. The molecular formula is C18H25NO4. The molecule has 0 bridgehead atoms.